The van der Waals surface area contributed by atoms with E-state index in [1.54, 1.807) is 12.4 Å². The summed E-state index contributed by atoms with van der Waals surface area (Å²) in [5, 5.41) is 1.28. The van der Waals surface area contributed by atoms with Crippen molar-refractivity contribution in [2.75, 3.05) is 13.6 Å². The van der Waals surface area contributed by atoms with Gasteiger partial charge in [-0.25, -0.2) is 4.99 Å². The van der Waals surface area contributed by atoms with Gasteiger partial charge in [-0.15, -0.1) is 0 Å². The fraction of sp³-hybridized carbons (Fsp3) is 0.333. The monoisotopic (exact) mass is 401 g/mol. The van der Waals surface area contributed by atoms with Crippen molar-refractivity contribution >= 4 is 51.1 Å². The highest BCUT2D eigenvalue weighted by Crippen LogP contribution is 2.39. The zero-order valence-corrected chi connectivity index (χ0v) is 16.0. The van der Waals surface area contributed by atoms with Gasteiger partial charge in [0.25, 0.3) is 0 Å². The zero-order chi connectivity index (χ0) is 16.3. The van der Waals surface area contributed by atoms with Crippen molar-refractivity contribution < 1.29 is 4.74 Å². The van der Waals surface area contributed by atoms with Crippen molar-refractivity contribution in [1.29, 1.82) is 0 Å². The van der Waals surface area contributed by atoms with Crippen LogP contribution < -0.4 is 4.74 Å². The molecule has 0 saturated carbocycles. The summed E-state index contributed by atoms with van der Waals surface area (Å²) in [4.78, 5) is 6.38. The van der Waals surface area contributed by atoms with Crippen LogP contribution in [-0.4, -0.2) is 29.2 Å². The van der Waals surface area contributed by atoms with Crippen LogP contribution in [0, 0.1) is 13.8 Å². The maximum atomic E-state index is 6.30. The Morgan fingerprint density at radius 2 is 2.18 bits per heavy atom. The smallest absolute Gasteiger partial charge is 0.214 e. The normalized spacial score (nSPS) is 11.2. The lowest BCUT2D eigenvalue weighted by Crippen LogP contribution is -2.14. The molecule has 2 rings (SSSR count). The number of benzene rings is 1. The first-order chi connectivity index (χ1) is 10.4. The van der Waals surface area contributed by atoms with Crippen LogP contribution in [0.25, 0.3) is 0 Å². The van der Waals surface area contributed by atoms with Crippen LogP contribution in [0.1, 0.15) is 18.2 Å². The van der Waals surface area contributed by atoms with E-state index in [1.807, 2.05) is 31.9 Å². The first kappa shape index (κ1) is 17.2. The number of aromatic nitrogens is 1. The van der Waals surface area contributed by atoms with Crippen molar-refractivity contribution in [3.8, 4) is 10.8 Å². The number of hydrogen-bond donors (Lipinski definition) is 0. The van der Waals surface area contributed by atoms with Gasteiger partial charge in [-0.1, -0.05) is 11.6 Å². The quantitative estimate of drug-likeness (QED) is 0.484. The molecule has 118 valence electrons. The maximum absolute atomic E-state index is 6.30. The van der Waals surface area contributed by atoms with Gasteiger partial charge in [0.2, 0.25) is 5.06 Å². The van der Waals surface area contributed by atoms with Crippen LogP contribution in [0.5, 0.6) is 10.8 Å². The lowest BCUT2D eigenvalue weighted by Gasteiger charge is -2.11. The Morgan fingerprint density at radius 3 is 2.77 bits per heavy atom. The number of nitrogens with zero attached hydrogens (tertiary/aromatic N) is 3. The van der Waals surface area contributed by atoms with E-state index in [2.05, 4.69) is 32.2 Å². The van der Waals surface area contributed by atoms with Gasteiger partial charge in [-0.3, -0.25) is 0 Å². The molecule has 0 aliphatic carbocycles. The van der Waals surface area contributed by atoms with Crippen molar-refractivity contribution in [3.63, 3.8) is 0 Å². The van der Waals surface area contributed by atoms with Crippen molar-refractivity contribution in [2.24, 2.45) is 4.99 Å². The zero-order valence-electron chi connectivity index (χ0n) is 12.9. The van der Waals surface area contributed by atoms with E-state index < -0.39 is 0 Å². The van der Waals surface area contributed by atoms with Crippen LogP contribution in [-0.2, 0) is 0 Å². The predicted molar refractivity (Wildman–Crippen MR) is 97.3 cm³/mol. The number of halogens is 2. The molecule has 1 aromatic carbocycles. The van der Waals surface area contributed by atoms with Gasteiger partial charge in [0, 0.05) is 31.2 Å². The molecule has 0 saturated heterocycles. The third-order valence-corrected chi connectivity index (χ3v) is 5.42. The molecule has 0 unspecified atom stereocenters. The second-order valence-corrected chi connectivity index (χ2v) is 6.79. The van der Waals surface area contributed by atoms with Crippen LogP contribution in [0.2, 0.25) is 5.02 Å². The molecule has 22 heavy (non-hydrogen) atoms. The molecular weight excluding hydrogens is 386 g/mol. The van der Waals surface area contributed by atoms with Crippen LogP contribution in [0.15, 0.2) is 21.6 Å². The maximum Gasteiger partial charge on any atom is 0.214 e. The SMILES string of the molecule is CCN(C)/C=N\c1cc(C)c(Oc2snc(C)c2Br)cc1Cl. The van der Waals surface area contributed by atoms with Gasteiger partial charge in [0.1, 0.15) is 5.75 Å². The molecule has 0 spiro atoms. The molecule has 0 fully saturated rings. The summed E-state index contributed by atoms with van der Waals surface area (Å²) in [5.41, 5.74) is 2.60. The molecular formula is C15H17BrClN3OS. The molecule has 1 aromatic heterocycles. The predicted octanol–water partition coefficient (Wildman–Crippen LogP) is 5.58. The van der Waals surface area contributed by atoms with Crippen LogP contribution in [0.4, 0.5) is 5.69 Å². The fourth-order valence-electron chi connectivity index (χ4n) is 1.60. The molecule has 0 bridgehead atoms. The molecule has 0 aliphatic heterocycles. The minimum atomic E-state index is 0.554. The van der Waals surface area contributed by atoms with Crippen molar-refractivity contribution in [1.82, 2.24) is 9.27 Å². The van der Waals surface area contributed by atoms with Gasteiger partial charge >= 0.3 is 0 Å². The van der Waals surface area contributed by atoms with E-state index in [9.17, 15) is 0 Å². The molecule has 0 N–H and O–H groups in total. The Labute approximate surface area is 148 Å². The van der Waals surface area contributed by atoms with Gasteiger partial charge in [-0.05, 0) is 48.3 Å². The van der Waals surface area contributed by atoms with Crippen molar-refractivity contribution in [3.05, 3.63) is 32.9 Å². The molecule has 4 nitrogen and oxygen atoms in total. The average molecular weight is 403 g/mol. The minimum Gasteiger partial charge on any atom is -0.444 e. The highest BCUT2D eigenvalue weighted by atomic mass is 79.9. The first-order valence-electron chi connectivity index (χ1n) is 6.76. The van der Waals surface area contributed by atoms with E-state index in [1.165, 1.54) is 11.5 Å². The second kappa shape index (κ2) is 7.44. The average Bonchev–Trinajstić information content (AvgIpc) is 2.80. The van der Waals surface area contributed by atoms with Crippen molar-refractivity contribution in [2.45, 2.75) is 20.8 Å². The summed E-state index contributed by atoms with van der Waals surface area (Å²) in [6.45, 7) is 6.84. The summed E-state index contributed by atoms with van der Waals surface area (Å²) >= 11 is 11.1. The topological polar surface area (TPSA) is 37.7 Å². The molecule has 0 aliphatic rings. The highest BCUT2D eigenvalue weighted by Gasteiger charge is 2.13. The number of hydrogen-bond acceptors (Lipinski definition) is 4. The molecule has 0 amide bonds. The molecule has 7 heteroatoms. The van der Waals surface area contributed by atoms with Gasteiger partial charge in [-0.2, -0.15) is 4.37 Å². The summed E-state index contributed by atoms with van der Waals surface area (Å²) in [6.07, 6.45) is 1.77. The third-order valence-electron chi connectivity index (χ3n) is 3.10. The molecule has 0 radical (unpaired) electrons. The Hall–Kier alpha value is -1.11. The summed E-state index contributed by atoms with van der Waals surface area (Å²) in [5.74, 6) is 0.706. The highest BCUT2D eigenvalue weighted by molar-refractivity contribution is 9.10. The van der Waals surface area contributed by atoms with E-state index in [4.69, 9.17) is 16.3 Å². The molecule has 2 aromatic rings. The number of aryl methyl sites for hydroxylation is 2. The standard InChI is InChI=1S/C15H17BrClN3OS/c1-5-20(4)8-18-12-6-9(2)13(7-11(12)17)21-15-14(16)10(3)19-22-15/h6-8H,5H2,1-4H3/b18-8-. The lowest BCUT2D eigenvalue weighted by molar-refractivity contribution is 0.490. The van der Waals surface area contributed by atoms with Gasteiger partial charge in [0.15, 0.2) is 0 Å². The summed E-state index contributed by atoms with van der Waals surface area (Å²) < 4.78 is 11.0. The lowest BCUT2D eigenvalue weighted by atomic mass is 10.2. The second-order valence-electron chi connectivity index (χ2n) is 4.86. The van der Waals surface area contributed by atoms with Gasteiger partial charge < -0.3 is 9.64 Å². The van der Waals surface area contributed by atoms with E-state index in [0.29, 0.717) is 10.8 Å². The Kier molecular flexibility index (Phi) is 5.83. The summed E-state index contributed by atoms with van der Waals surface area (Å²) in [7, 11) is 1.96. The summed E-state index contributed by atoms with van der Waals surface area (Å²) in [6, 6.07) is 3.70. The third kappa shape index (κ3) is 4.00. The fourth-order valence-corrected chi connectivity index (χ4v) is 2.97. The Morgan fingerprint density at radius 1 is 1.45 bits per heavy atom. The number of ether oxygens (including phenoxy) is 1. The van der Waals surface area contributed by atoms with Gasteiger partial charge in [0.05, 0.1) is 27.2 Å². The van der Waals surface area contributed by atoms with Crippen LogP contribution >= 0.6 is 39.1 Å². The number of rotatable bonds is 5. The van der Waals surface area contributed by atoms with E-state index in [-0.39, 0.29) is 0 Å². The van der Waals surface area contributed by atoms with E-state index >= 15 is 0 Å². The Balaban J connectivity index is 2.26. The molecule has 0 atom stereocenters. The van der Waals surface area contributed by atoms with E-state index in [0.717, 1.165) is 33.0 Å². The number of aliphatic imine (C=N–C) groups is 1. The Bertz CT molecular complexity index is 702. The minimum absolute atomic E-state index is 0.554. The molecule has 1 heterocycles. The first-order valence-corrected chi connectivity index (χ1v) is 8.71. The largest absolute Gasteiger partial charge is 0.444 e. The van der Waals surface area contributed by atoms with Crippen LogP contribution in [0.3, 0.4) is 0 Å².